The summed E-state index contributed by atoms with van der Waals surface area (Å²) in [5.41, 5.74) is 0.996. The van der Waals surface area contributed by atoms with Crippen molar-refractivity contribution in [2.24, 2.45) is 5.92 Å². The summed E-state index contributed by atoms with van der Waals surface area (Å²) in [5, 5.41) is -0.505. The molecule has 116 valence electrons. The Morgan fingerprint density at radius 1 is 1.24 bits per heavy atom. The molecule has 21 heavy (non-hydrogen) atoms. The van der Waals surface area contributed by atoms with Crippen molar-refractivity contribution in [3.8, 4) is 0 Å². The van der Waals surface area contributed by atoms with Gasteiger partial charge < -0.3 is 4.90 Å². The number of benzene rings is 1. The normalized spacial score (nSPS) is 18.6. The Morgan fingerprint density at radius 3 is 2.33 bits per heavy atom. The molecule has 0 saturated carbocycles. The van der Waals surface area contributed by atoms with Gasteiger partial charge in [-0.3, -0.25) is 4.79 Å². The van der Waals surface area contributed by atoms with Gasteiger partial charge in [-0.1, -0.05) is 30.3 Å². The second-order valence-electron chi connectivity index (χ2n) is 5.35. The van der Waals surface area contributed by atoms with E-state index in [2.05, 4.69) is 12.6 Å². The van der Waals surface area contributed by atoms with E-state index in [1.165, 1.54) is 4.90 Å². The average Bonchev–Trinajstić information content (AvgIpc) is 2.46. The zero-order valence-electron chi connectivity index (χ0n) is 11.5. The van der Waals surface area contributed by atoms with Crippen LogP contribution in [0.5, 0.6) is 0 Å². The van der Waals surface area contributed by atoms with Gasteiger partial charge in [-0.25, -0.2) is 0 Å². The number of amides is 1. The fourth-order valence-electron chi connectivity index (χ4n) is 2.56. The van der Waals surface area contributed by atoms with Gasteiger partial charge >= 0.3 is 6.18 Å². The maximum atomic E-state index is 12.6. The van der Waals surface area contributed by atoms with Gasteiger partial charge in [0.2, 0.25) is 5.91 Å². The van der Waals surface area contributed by atoms with Crippen LogP contribution in [0.15, 0.2) is 30.3 Å². The van der Waals surface area contributed by atoms with Gasteiger partial charge in [-0.05, 0) is 24.8 Å². The maximum absolute atomic E-state index is 12.6. The molecule has 1 unspecified atom stereocenters. The molecule has 1 heterocycles. The summed E-state index contributed by atoms with van der Waals surface area (Å²) < 4.78 is 37.8. The summed E-state index contributed by atoms with van der Waals surface area (Å²) in [6.45, 7) is 0.323. The lowest BCUT2D eigenvalue weighted by atomic mass is 9.96. The maximum Gasteiger partial charge on any atom is 0.391 e. The molecule has 1 aliphatic heterocycles. The third-order valence-electron chi connectivity index (χ3n) is 3.83. The van der Waals surface area contributed by atoms with Crippen LogP contribution in [0.25, 0.3) is 0 Å². The third-order valence-corrected chi connectivity index (χ3v) is 4.23. The minimum Gasteiger partial charge on any atom is -0.342 e. The fourth-order valence-corrected chi connectivity index (χ4v) is 2.94. The van der Waals surface area contributed by atoms with E-state index in [1.54, 1.807) is 0 Å². The number of carbonyl (C=O) groups is 1. The van der Waals surface area contributed by atoms with Crippen molar-refractivity contribution in [3.05, 3.63) is 35.9 Å². The number of hydrogen-bond acceptors (Lipinski definition) is 2. The van der Waals surface area contributed by atoms with Gasteiger partial charge in [0, 0.05) is 13.1 Å². The second kappa shape index (κ2) is 6.73. The Hall–Kier alpha value is -1.17. The number of piperidine rings is 1. The first kappa shape index (κ1) is 16.2. The lowest BCUT2D eigenvalue weighted by molar-refractivity contribution is -0.186. The summed E-state index contributed by atoms with van der Waals surface area (Å²) in [5.74, 6) is -1.46. The number of thiol groups is 1. The molecule has 1 fully saturated rings. The predicted molar refractivity (Wildman–Crippen MR) is 78.3 cm³/mol. The van der Waals surface area contributed by atoms with Crippen LogP contribution in [0.1, 0.15) is 18.4 Å². The largest absolute Gasteiger partial charge is 0.391 e. The topological polar surface area (TPSA) is 20.3 Å². The molecular weight excluding hydrogens is 299 g/mol. The Labute approximate surface area is 127 Å². The van der Waals surface area contributed by atoms with E-state index in [0.29, 0.717) is 6.42 Å². The standard InChI is InChI=1S/C15H18F3NOS/c16-15(17,18)12-6-8-19(9-7-12)14(20)13(21)10-11-4-2-1-3-5-11/h1-5,12-13,21H,6-10H2. The van der Waals surface area contributed by atoms with Crippen molar-refractivity contribution in [2.75, 3.05) is 13.1 Å². The highest BCUT2D eigenvalue weighted by atomic mass is 32.1. The Morgan fingerprint density at radius 2 is 1.81 bits per heavy atom. The predicted octanol–water partition coefficient (Wildman–Crippen LogP) is 3.33. The van der Waals surface area contributed by atoms with E-state index in [9.17, 15) is 18.0 Å². The Kier molecular flexibility index (Phi) is 5.19. The summed E-state index contributed by atoms with van der Waals surface area (Å²) in [6.07, 6.45) is -3.69. The molecule has 0 aliphatic carbocycles. The lowest BCUT2D eigenvalue weighted by Gasteiger charge is -2.34. The van der Waals surface area contributed by atoms with Crippen LogP contribution in [0.2, 0.25) is 0 Å². The SMILES string of the molecule is O=C(C(S)Cc1ccccc1)N1CCC(C(F)(F)F)CC1. The molecule has 1 aliphatic rings. The summed E-state index contributed by atoms with van der Waals surface area (Å²) in [4.78, 5) is 13.7. The van der Waals surface area contributed by atoms with Gasteiger partial charge in [-0.15, -0.1) is 0 Å². The third kappa shape index (κ3) is 4.40. The van der Waals surface area contributed by atoms with E-state index in [1.807, 2.05) is 30.3 Å². The number of halogens is 3. The highest BCUT2D eigenvalue weighted by molar-refractivity contribution is 7.81. The van der Waals surface area contributed by atoms with Gasteiger partial charge in [-0.2, -0.15) is 25.8 Å². The van der Waals surface area contributed by atoms with E-state index in [-0.39, 0.29) is 31.8 Å². The van der Waals surface area contributed by atoms with Crippen LogP contribution in [0, 0.1) is 5.92 Å². The molecule has 2 rings (SSSR count). The molecular formula is C15H18F3NOS. The van der Waals surface area contributed by atoms with Gasteiger partial charge in [0.1, 0.15) is 0 Å². The van der Waals surface area contributed by atoms with E-state index >= 15 is 0 Å². The molecule has 0 aromatic heterocycles. The molecule has 6 heteroatoms. The molecule has 1 atom stereocenters. The van der Waals surface area contributed by atoms with Crippen LogP contribution in [-0.2, 0) is 11.2 Å². The zero-order valence-corrected chi connectivity index (χ0v) is 12.4. The smallest absolute Gasteiger partial charge is 0.342 e. The number of hydrogen-bond donors (Lipinski definition) is 1. The van der Waals surface area contributed by atoms with Crippen LogP contribution >= 0.6 is 12.6 Å². The van der Waals surface area contributed by atoms with Crippen molar-refractivity contribution in [3.63, 3.8) is 0 Å². The number of carbonyl (C=O) groups excluding carboxylic acids is 1. The average molecular weight is 317 g/mol. The number of likely N-dealkylation sites (tertiary alicyclic amines) is 1. The van der Waals surface area contributed by atoms with Crippen molar-refractivity contribution in [2.45, 2.75) is 30.7 Å². The number of nitrogens with zero attached hydrogens (tertiary/aromatic N) is 1. The number of alkyl halides is 3. The first-order valence-corrected chi connectivity index (χ1v) is 7.47. The molecule has 0 radical (unpaired) electrons. The van der Waals surface area contributed by atoms with Crippen molar-refractivity contribution in [1.82, 2.24) is 4.90 Å². The van der Waals surface area contributed by atoms with Crippen molar-refractivity contribution < 1.29 is 18.0 Å². The summed E-state index contributed by atoms with van der Waals surface area (Å²) in [6, 6.07) is 9.48. The zero-order chi connectivity index (χ0) is 15.5. The summed E-state index contributed by atoms with van der Waals surface area (Å²) in [7, 11) is 0. The van der Waals surface area contributed by atoms with E-state index in [0.717, 1.165) is 5.56 Å². The highest BCUT2D eigenvalue weighted by Gasteiger charge is 2.42. The first-order valence-electron chi connectivity index (χ1n) is 6.95. The van der Waals surface area contributed by atoms with Crippen LogP contribution < -0.4 is 0 Å². The van der Waals surface area contributed by atoms with Gasteiger partial charge in [0.25, 0.3) is 0 Å². The van der Waals surface area contributed by atoms with Crippen molar-refractivity contribution >= 4 is 18.5 Å². The van der Waals surface area contributed by atoms with Crippen LogP contribution in [0.4, 0.5) is 13.2 Å². The minimum atomic E-state index is -4.15. The van der Waals surface area contributed by atoms with Crippen molar-refractivity contribution in [1.29, 1.82) is 0 Å². The molecule has 1 saturated heterocycles. The summed E-state index contributed by atoms with van der Waals surface area (Å²) >= 11 is 4.31. The van der Waals surface area contributed by atoms with Crippen LogP contribution in [-0.4, -0.2) is 35.3 Å². The van der Waals surface area contributed by atoms with Crippen LogP contribution in [0.3, 0.4) is 0 Å². The second-order valence-corrected chi connectivity index (χ2v) is 5.97. The molecule has 0 N–H and O–H groups in total. The Bertz CT molecular complexity index is 470. The molecule has 1 aromatic carbocycles. The monoisotopic (exact) mass is 317 g/mol. The molecule has 1 aromatic rings. The molecule has 2 nitrogen and oxygen atoms in total. The minimum absolute atomic E-state index is 0.0128. The molecule has 1 amide bonds. The van der Waals surface area contributed by atoms with E-state index in [4.69, 9.17) is 0 Å². The van der Waals surface area contributed by atoms with Gasteiger partial charge in [0.15, 0.2) is 0 Å². The molecule has 0 bridgehead atoms. The number of rotatable bonds is 3. The quantitative estimate of drug-likeness (QED) is 0.848. The highest BCUT2D eigenvalue weighted by Crippen LogP contribution is 2.34. The Balaban J connectivity index is 1.87. The van der Waals surface area contributed by atoms with E-state index < -0.39 is 17.3 Å². The van der Waals surface area contributed by atoms with Gasteiger partial charge in [0.05, 0.1) is 11.2 Å². The molecule has 0 spiro atoms. The lowest BCUT2D eigenvalue weighted by Crippen LogP contribution is -2.45. The fraction of sp³-hybridized carbons (Fsp3) is 0.533. The first-order chi connectivity index (χ1) is 9.88.